The van der Waals surface area contributed by atoms with Crippen molar-refractivity contribution >= 4 is 5.91 Å². The van der Waals surface area contributed by atoms with Gasteiger partial charge in [-0.25, -0.2) is 0 Å². The summed E-state index contributed by atoms with van der Waals surface area (Å²) in [7, 11) is 0. The molecular weight excluding hydrogens is 256 g/mol. The second-order valence-corrected chi connectivity index (χ2v) is 5.65. The Kier molecular flexibility index (Phi) is 5.11. The lowest BCUT2D eigenvalue weighted by Gasteiger charge is -2.30. The SMILES string of the molecule is CCNC(=O)C1CCN(Cc2noc(C(C)C)n2)CC1. The van der Waals surface area contributed by atoms with E-state index >= 15 is 0 Å². The Morgan fingerprint density at radius 1 is 1.45 bits per heavy atom. The van der Waals surface area contributed by atoms with E-state index in [2.05, 4.69) is 20.4 Å². The van der Waals surface area contributed by atoms with Crippen LogP contribution in [0.25, 0.3) is 0 Å². The average Bonchev–Trinajstić information content (AvgIpc) is 2.88. The summed E-state index contributed by atoms with van der Waals surface area (Å²) in [4.78, 5) is 18.4. The summed E-state index contributed by atoms with van der Waals surface area (Å²) in [5, 5.41) is 6.91. The number of hydrogen-bond acceptors (Lipinski definition) is 5. The average molecular weight is 280 g/mol. The van der Waals surface area contributed by atoms with E-state index in [-0.39, 0.29) is 17.7 Å². The number of amides is 1. The van der Waals surface area contributed by atoms with Crippen molar-refractivity contribution in [3.05, 3.63) is 11.7 Å². The minimum atomic E-state index is 0.155. The number of rotatable bonds is 5. The third-order valence-corrected chi connectivity index (χ3v) is 3.65. The van der Waals surface area contributed by atoms with Gasteiger partial charge in [0.2, 0.25) is 11.8 Å². The van der Waals surface area contributed by atoms with E-state index in [1.54, 1.807) is 0 Å². The first-order valence-electron chi connectivity index (χ1n) is 7.42. The molecule has 1 aromatic heterocycles. The number of piperidine rings is 1. The van der Waals surface area contributed by atoms with Gasteiger partial charge in [-0.3, -0.25) is 9.69 Å². The third-order valence-electron chi connectivity index (χ3n) is 3.65. The Balaban J connectivity index is 1.80. The zero-order chi connectivity index (χ0) is 14.5. The molecule has 20 heavy (non-hydrogen) atoms. The molecule has 1 saturated heterocycles. The quantitative estimate of drug-likeness (QED) is 0.886. The summed E-state index contributed by atoms with van der Waals surface area (Å²) in [5.41, 5.74) is 0. The van der Waals surface area contributed by atoms with Gasteiger partial charge in [-0.05, 0) is 32.9 Å². The smallest absolute Gasteiger partial charge is 0.229 e. The Morgan fingerprint density at radius 3 is 2.70 bits per heavy atom. The van der Waals surface area contributed by atoms with Crippen molar-refractivity contribution in [3.8, 4) is 0 Å². The highest BCUT2D eigenvalue weighted by atomic mass is 16.5. The number of carbonyl (C=O) groups excluding carboxylic acids is 1. The van der Waals surface area contributed by atoms with Crippen molar-refractivity contribution < 1.29 is 9.32 Å². The molecule has 112 valence electrons. The van der Waals surface area contributed by atoms with E-state index < -0.39 is 0 Å². The van der Waals surface area contributed by atoms with E-state index in [1.807, 2.05) is 20.8 Å². The molecule has 0 bridgehead atoms. The molecule has 0 atom stereocenters. The summed E-state index contributed by atoms with van der Waals surface area (Å²) >= 11 is 0. The van der Waals surface area contributed by atoms with Gasteiger partial charge >= 0.3 is 0 Å². The van der Waals surface area contributed by atoms with Crippen LogP contribution in [0.3, 0.4) is 0 Å². The summed E-state index contributed by atoms with van der Waals surface area (Å²) in [6, 6.07) is 0. The first-order chi connectivity index (χ1) is 9.60. The number of carbonyl (C=O) groups is 1. The molecule has 0 spiro atoms. The lowest BCUT2D eigenvalue weighted by molar-refractivity contribution is -0.126. The van der Waals surface area contributed by atoms with Crippen LogP contribution in [0.15, 0.2) is 4.52 Å². The fourth-order valence-corrected chi connectivity index (χ4v) is 2.44. The van der Waals surface area contributed by atoms with Crippen LogP contribution in [0.5, 0.6) is 0 Å². The number of nitrogens with zero attached hydrogens (tertiary/aromatic N) is 3. The van der Waals surface area contributed by atoms with E-state index in [0.29, 0.717) is 19.0 Å². The molecule has 1 amide bonds. The van der Waals surface area contributed by atoms with Gasteiger partial charge in [0.25, 0.3) is 0 Å². The number of aromatic nitrogens is 2. The first-order valence-corrected chi connectivity index (χ1v) is 7.42. The lowest BCUT2D eigenvalue weighted by Crippen LogP contribution is -2.40. The maximum atomic E-state index is 11.8. The Hall–Kier alpha value is -1.43. The molecule has 2 heterocycles. The van der Waals surface area contributed by atoms with Crippen molar-refractivity contribution in [1.82, 2.24) is 20.4 Å². The highest BCUT2D eigenvalue weighted by Crippen LogP contribution is 2.19. The zero-order valence-corrected chi connectivity index (χ0v) is 12.6. The van der Waals surface area contributed by atoms with Gasteiger partial charge in [0.1, 0.15) is 0 Å². The van der Waals surface area contributed by atoms with E-state index in [9.17, 15) is 4.79 Å². The maximum absolute atomic E-state index is 11.8. The molecule has 1 aliphatic rings. The van der Waals surface area contributed by atoms with Crippen LogP contribution in [0.2, 0.25) is 0 Å². The predicted molar refractivity (Wildman–Crippen MR) is 75.1 cm³/mol. The van der Waals surface area contributed by atoms with Crippen LogP contribution in [-0.4, -0.2) is 40.6 Å². The standard InChI is InChI=1S/C14H24N4O2/c1-4-15-13(19)11-5-7-18(8-6-11)9-12-16-14(10(2)3)20-17-12/h10-11H,4-9H2,1-3H3,(H,15,19). The monoisotopic (exact) mass is 280 g/mol. The molecule has 1 N–H and O–H groups in total. The summed E-state index contributed by atoms with van der Waals surface area (Å²) < 4.78 is 5.21. The fourth-order valence-electron chi connectivity index (χ4n) is 2.44. The third kappa shape index (κ3) is 3.79. The topological polar surface area (TPSA) is 71.3 Å². The van der Waals surface area contributed by atoms with Crippen molar-refractivity contribution in [3.63, 3.8) is 0 Å². The van der Waals surface area contributed by atoms with Gasteiger partial charge < -0.3 is 9.84 Å². The van der Waals surface area contributed by atoms with Crippen molar-refractivity contribution in [2.75, 3.05) is 19.6 Å². The van der Waals surface area contributed by atoms with E-state index in [1.165, 1.54) is 0 Å². The van der Waals surface area contributed by atoms with Gasteiger partial charge in [0.05, 0.1) is 6.54 Å². The zero-order valence-electron chi connectivity index (χ0n) is 12.6. The van der Waals surface area contributed by atoms with Crippen LogP contribution in [0.4, 0.5) is 0 Å². The lowest BCUT2D eigenvalue weighted by atomic mass is 9.96. The highest BCUT2D eigenvalue weighted by Gasteiger charge is 2.25. The van der Waals surface area contributed by atoms with Crippen LogP contribution in [0.1, 0.15) is 51.2 Å². The largest absolute Gasteiger partial charge is 0.356 e. The molecule has 2 rings (SSSR count). The van der Waals surface area contributed by atoms with Crippen molar-refractivity contribution in [2.45, 2.75) is 46.1 Å². The summed E-state index contributed by atoms with van der Waals surface area (Å²) in [6.45, 7) is 9.26. The molecular formula is C14H24N4O2. The minimum Gasteiger partial charge on any atom is -0.356 e. The van der Waals surface area contributed by atoms with Gasteiger partial charge in [0, 0.05) is 18.4 Å². The van der Waals surface area contributed by atoms with Gasteiger partial charge in [-0.1, -0.05) is 19.0 Å². The van der Waals surface area contributed by atoms with E-state index in [0.717, 1.165) is 31.8 Å². The summed E-state index contributed by atoms with van der Waals surface area (Å²) in [6.07, 6.45) is 1.81. The fraction of sp³-hybridized carbons (Fsp3) is 0.786. The molecule has 6 nitrogen and oxygen atoms in total. The number of hydrogen-bond donors (Lipinski definition) is 1. The van der Waals surface area contributed by atoms with Gasteiger partial charge in [-0.15, -0.1) is 0 Å². The molecule has 0 aliphatic carbocycles. The Labute approximate surface area is 119 Å². The minimum absolute atomic E-state index is 0.155. The number of nitrogens with one attached hydrogen (secondary N) is 1. The predicted octanol–water partition coefficient (Wildman–Crippen LogP) is 1.54. The van der Waals surface area contributed by atoms with Gasteiger partial charge in [0.15, 0.2) is 5.82 Å². The number of likely N-dealkylation sites (tertiary alicyclic amines) is 1. The van der Waals surface area contributed by atoms with Crippen LogP contribution < -0.4 is 5.32 Å². The first kappa shape index (κ1) is 15.0. The van der Waals surface area contributed by atoms with E-state index in [4.69, 9.17) is 4.52 Å². The van der Waals surface area contributed by atoms with Crippen molar-refractivity contribution in [1.29, 1.82) is 0 Å². The van der Waals surface area contributed by atoms with Crippen LogP contribution >= 0.6 is 0 Å². The normalized spacial score (nSPS) is 17.6. The summed E-state index contributed by atoms with van der Waals surface area (Å²) in [5.74, 6) is 2.04. The molecule has 0 saturated carbocycles. The molecule has 6 heteroatoms. The second-order valence-electron chi connectivity index (χ2n) is 5.65. The van der Waals surface area contributed by atoms with Crippen molar-refractivity contribution in [2.24, 2.45) is 5.92 Å². The second kappa shape index (κ2) is 6.83. The molecule has 1 fully saturated rings. The molecule has 0 radical (unpaired) electrons. The molecule has 0 aromatic carbocycles. The Morgan fingerprint density at radius 2 is 2.15 bits per heavy atom. The van der Waals surface area contributed by atoms with Gasteiger partial charge in [-0.2, -0.15) is 4.98 Å². The van der Waals surface area contributed by atoms with Crippen LogP contribution in [0, 0.1) is 5.92 Å². The van der Waals surface area contributed by atoms with Crippen LogP contribution in [-0.2, 0) is 11.3 Å². The highest BCUT2D eigenvalue weighted by molar-refractivity contribution is 5.78. The molecule has 1 aromatic rings. The molecule has 1 aliphatic heterocycles. The molecule has 0 unspecified atom stereocenters. The Bertz CT molecular complexity index is 436. The maximum Gasteiger partial charge on any atom is 0.229 e.